The van der Waals surface area contributed by atoms with Crippen molar-refractivity contribution in [1.29, 1.82) is 0 Å². The molecule has 0 aromatic heterocycles. The van der Waals surface area contributed by atoms with Gasteiger partial charge < -0.3 is 15.0 Å². The number of hydrogen-bond donors (Lipinski definition) is 1. The molecule has 1 N–H and O–H groups in total. The van der Waals surface area contributed by atoms with E-state index in [0.29, 0.717) is 56.2 Å². The van der Waals surface area contributed by atoms with Crippen molar-refractivity contribution in [2.45, 2.75) is 31.1 Å². The Kier molecular flexibility index (Phi) is 7.11. The Labute approximate surface area is 194 Å². The van der Waals surface area contributed by atoms with E-state index in [1.54, 1.807) is 48.2 Å². The highest BCUT2D eigenvalue weighted by Gasteiger charge is 2.27. The molecule has 176 valence electrons. The molecule has 0 bridgehead atoms. The second-order valence-electron chi connectivity index (χ2n) is 8.35. The number of carbonyl (C=O) groups is 2. The van der Waals surface area contributed by atoms with Crippen LogP contribution in [0, 0.1) is 6.92 Å². The molecule has 2 amide bonds. The largest absolute Gasteiger partial charge is 0.378 e. The zero-order valence-corrected chi connectivity index (χ0v) is 19.6. The van der Waals surface area contributed by atoms with E-state index in [4.69, 9.17) is 4.74 Å². The van der Waals surface area contributed by atoms with Crippen LogP contribution < -0.4 is 5.32 Å². The fourth-order valence-corrected chi connectivity index (χ4v) is 5.71. The Morgan fingerprint density at radius 2 is 1.61 bits per heavy atom. The summed E-state index contributed by atoms with van der Waals surface area (Å²) in [6.45, 7) is 4.71. The first-order chi connectivity index (χ1) is 15.9. The lowest BCUT2D eigenvalue weighted by atomic mass is 10.1. The maximum Gasteiger partial charge on any atom is 0.256 e. The number of aryl methyl sites for hydroxylation is 1. The molecule has 9 heteroatoms. The fourth-order valence-electron chi connectivity index (χ4n) is 4.17. The number of rotatable bonds is 5. The lowest BCUT2D eigenvalue weighted by Crippen LogP contribution is -2.41. The smallest absolute Gasteiger partial charge is 0.256 e. The normalized spacial score (nSPS) is 17.5. The van der Waals surface area contributed by atoms with Gasteiger partial charge in [0.1, 0.15) is 0 Å². The molecular weight excluding hydrogens is 442 g/mol. The zero-order chi connectivity index (χ0) is 23.4. The monoisotopic (exact) mass is 471 g/mol. The van der Waals surface area contributed by atoms with E-state index in [0.717, 1.165) is 19.3 Å². The molecular formula is C24H29N3O5S. The summed E-state index contributed by atoms with van der Waals surface area (Å²) < 4.78 is 33.0. The molecule has 2 fully saturated rings. The van der Waals surface area contributed by atoms with Crippen LogP contribution in [0.2, 0.25) is 0 Å². The molecule has 4 rings (SSSR count). The third-order valence-electron chi connectivity index (χ3n) is 6.11. The maximum atomic E-state index is 13.2. The lowest BCUT2D eigenvalue weighted by Gasteiger charge is -2.27. The van der Waals surface area contributed by atoms with Gasteiger partial charge in [0, 0.05) is 31.7 Å². The summed E-state index contributed by atoms with van der Waals surface area (Å²) in [5.74, 6) is -0.627. The Hall–Kier alpha value is -2.75. The molecule has 2 aliphatic heterocycles. The van der Waals surface area contributed by atoms with Crippen LogP contribution in [-0.4, -0.2) is 68.8 Å². The Morgan fingerprint density at radius 1 is 0.909 bits per heavy atom. The molecule has 0 saturated carbocycles. The molecule has 2 aromatic rings. The molecule has 2 aromatic carbocycles. The van der Waals surface area contributed by atoms with Gasteiger partial charge in [0.2, 0.25) is 10.0 Å². The predicted octanol–water partition coefficient (Wildman–Crippen LogP) is 2.89. The van der Waals surface area contributed by atoms with Crippen molar-refractivity contribution in [3.05, 3.63) is 59.2 Å². The van der Waals surface area contributed by atoms with Crippen LogP contribution in [0.4, 0.5) is 5.69 Å². The van der Waals surface area contributed by atoms with Gasteiger partial charge >= 0.3 is 0 Å². The van der Waals surface area contributed by atoms with Gasteiger partial charge in [-0.05, 0) is 49.6 Å². The first kappa shape index (κ1) is 23.4. The second-order valence-corrected chi connectivity index (χ2v) is 10.3. The number of hydrogen-bond acceptors (Lipinski definition) is 5. The summed E-state index contributed by atoms with van der Waals surface area (Å²) in [5, 5.41) is 2.82. The minimum atomic E-state index is -3.66. The number of anilines is 1. The summed E-state index contributed by atoms with van der Waals surface area (Å²) in [4.78, 5) is 28.0. The summed E-state index contributed by atoms with van der Waals surface area (Å²) in [6, 6.07) is 11.5. The molecule has 0 unspecified atom stereocenters. The van der Waals surface area contributed by atoms with Crippen LogP contribution in [0.15, 0.2) is 47.4 Å². The number of sulfonamides is 1. The standard InChI is InChI=1S/C24H29N3O5S/c1-18-9-10-19(33(30,31)27-11-5-2-6-12-27)17-21(18)23(28)25-22-8-4-3-7-20(22)24(29)26-13-15-32-16-14-26/h3-4,7-10,17H,2,5-6,11-16H2,1H3,(H,25,28). The first-order valence-electron chi connectivity index (χ1n) is 11.3. The number of benzene rings is 2. The third kappa shape index (κ3) is 5.10. The van der Waals surface area contributed by atoms with Gasteiger partial charge in [-0.3, -0.25) is 9.59 Å². The topological polar surface area (TPSA) is 96.0 Å². The van der Waals surface area contributed by atoms with Crippen molar-refractivity contribution >= 4 is 27.5 Å². The summed E-state index contributed by atoms with van der Waals surface area (Å²) in [5.41, 5.74) is 1.70. The van der Waals surface area contributed by atoms with Crippen LogP contribution in [0.3, 0.4) is 0 Å². The van der Waals surface area contributed by atoms with Crippen molar-refractivity contribution in [1.82, 2.24) is 9.21 Å². The van der Waals surface area contributed by atoms with Gasteiger partial charge in [0.05, 0.1) is 29.4 Å². The fraction of sp³-hybridized carbons (Fsp3) is 0.417. The maximum absolute atomic E-state index is 13.2. The SMILES string of the molecule is Cc1ccc(S(=O)(=O)N2CCCCC2)cc1C(=O)Nc1ccccc1C(=O)N1CCOCC1. The molecule has 0 aliphatic carbocycles. The van der Waals surface area contributed by atoms with Crippen LogP contribution in [0.5, 0.6) is 0 Å². The lowest BCUT2D eigenvalue weighted by molar-refractivity contribution is 0.0303. The van der Waals surface area contributed by atoms with Crippen LogP contribution in [0.25, 0.3) is 0 Å². The molecule has 0 spiro atoms. The Morgan fingerprint density at radius 3 is 2.33 bits per heavy atom. The van der Waals surface area contributed by atoms with E-state index < -0.39 is 15.9 Å². The van der Waals surface area contributed by atoms with Gasteiger partial charge in [-0.25, -0.2) is 8.42 Å². The molecule has 0 radical (unpaired) electrons. The van der Waals surface area contributed by atoms with E-state index in [9.17, 15) is 18.0 Å². The number of nitrogens with zero attached hydrogens (tertiary/aromatic N) is 2. The zero-order valence-electron chi connectivity index (χ0n) is 18.7. The molecule has 0 atom stereocenters. The van der Waals surface area contributed by atoms with Gasteiger partial charge in [0.15, 0.2) is 0 Å². The number of morpholine rings is 1. The van der Waals surface area contributed by atoms with Crippen molar-refractivity contribution in [3.8, 4) is 0 Å². The minimum Gasteiger partial charge on any atom is -0.378 e. The molecule has 2 saturated heterocycles. The van der Waals surface area contributed by atoms with Crippen LogP contribution in [0.1, 0.15) is 45.5 Å². The highest BCUT2D eigenvalue weighted by atomic mass is 32.2. The van der Waals surface area contributed by atoms with Crippen molar-refractivity contribution < 1.29 is 22.7 Å². The van der Waals surface area contributed by atoms with Gasteiger partial charge in [0.25, 0.3) is 11.8 Å². The number of nitrogens with one attached hydrogen (secondary N) is 1. The Bertz CT molecular complexity index is 1140. The quantitative estimate of drug-likeness (QED) is 0.723. The highest BCUT2D eigenvalue weighted by Crippen LogP contribution is 2.24. The second kappa shape index (κ2) is 10.0. The number of amides is 2. The average Bonchev–Trinajstić information content (AvgIpc) is 2.85. The minimum absolute atomic E-state index is 0.109. The number of piperidine rings is 1. The van der Waals surface area contributed by atoms with E-state index >= 15 is 0 Å². The highest BCUT2D eigenvalue weighted by molar-refractivity contribution is 7.89. The Balaban J connectivity index is 1.58. The van der Waals surface area contributed by atoms with E-state index in [-0.39, 0.29) is 16.4 Å². The van der Waals surface area contributed by atoms with Crippen molar-refractivity contribution in [3.63, 3.8) is 0 Å². The van der Waals surface area contributed by atoms with E-state index in [2.05, 4.69) is 5.32 Å². The van der Waals surface area contributed by atoms with Crippen LogP contribution in [-0.2, 0) is 14.8 Å². The van der Waals surface area contributed by atoms with Gasteiger partial charge in [-0.15, -0.1) is 0 Å². The van der Waals surface area contributed by atoms with Crippen molar-refractivity contribution in [2.24, 2.45) is 0 Å². The molecule has 33 heavy (non-hydrogen) atoms. The third-order valence-corrected chi connectivity index (χ3v) is 8.01. The molecule has 2 aliphatic rings. The summed E-state index contributed by atoms with van der Waals surface area (Å²) >= 11 is 0. The summed E-state index contributed by atoms with van der Waals surface area (Å²) in [6.07, 6.45) is 2.70. The number of ether oxygens (including phenoxy) is 1. The van der Waals surface area contributed by atoms with Gasteiger partial charge in [-0.1, -0.05) is 24.6 Å². The van der Waals surface area contributed by atoms with E-state index in [1.807, 2.05) is 0 Å². The van der Waals surface area contributed by atoms with E-state index in [1.165, 1.54) is 10.4 Å². The summed E-state index contributed by atoms with van der Waals surface area (Å²) in [7, 11) is -3.66. The predicted molar refractivity (Wildman–Crippen MR) is 125 cm³/mol. The molecule has 8 nitrogen and oxygen atoms in total. The first-order valence-corrected chi connectivity index (χ1v) is 12.7. The van der Waals surface area contributed by atoms with Gasteiger partial charge in [-0.2, -0.15) is 4.31 Å². The number of para-hydroxylation sites is 1. The van der Waals surface area contributed by atoms with Crippen molar-refractivity contribution in [2.75, 3.05) is 44.7 Å². The molecule has 2 heterocycles. The van der Waals surface area contributed by atoms with Crippen LogP contribution >= 0.6 is 0 Å². The average molecular weight is 472 g/mol. The number of carbonyl (C=O) groups excluding carboxylic acids is 2.